The fourth-order valence-electron chi connectivity index (χ4n) is 2.16. The highest BCUT2D eigenvalue weighted by Gasteiger charge is 2.31. The molecule has 1 aromatic rings. The van der Waals surface area contributed by atoms with E-state index in [2.05, 4.69) is 25.9 Å². The zero-order valence-electron chi connectivity index (χ0n) is 9.02. The van der Waals surface area contributed by atoms with E-state index in [4.69, 9.17) is 4.52 Å². The highest BCUT2D eigenvalue weighted by Crippen LogP contribution is 2.35. The number of aryl methyl sites for hydroxylation is 1. The van der Waals surface area contributed by atoms with Crippen molar-refractivity contribution in [3.63, 3.8) is 0 Å². The Balaban J connectivity index is 2.29. The van der Waals surface area contributed by atoms with Gasteiger partial charge in [-0.1, -0.05) is 20.8 Å². The van der Waals surface area contributed by atoms with Gasteiger partial charge in [-0.3, -0.25) is 4.79 Å². The van der Waals surface area contributed by atoms with Crippen molar-refractivity contribution in [2.24, 2.45) is 11.3 Å². The number of hydrogen-bond acceptors (Lipinski definition) is 2. The molecule has 0 saturated carbocycles. The zero-order valence-corrected chi connectivity index (χ0v) is 9.02. The largest absolute Gasteiger partial charge is 0.383 e. The molecule has 78 valence electrons. The Morgan fingerprint density at radius 1 is 1.43 bits per heavy atom. The van der Waals surface area contributed by atoms with Crippen LogP contribution < -0.4 is 5.56 Å². The van der Waals surface area contributed by atoms with Gasteiger partial charge in [0.15, 0.2) is 0 Å². The Bertz CT molecular complexity index is 381. The summed E-state index contributed by atoms with van der Waals surface area (Å²) in [5.41, 5.74) is 1.12. The SMILES string of the molecule is CC(C)(C)[C@H]1CCc2o[nH]c(=O)c2C1. The van der Waals surface area contributed by atoms with Crippen LogP contribution in [-0.2, 0) is 12.8 Å². The minimum atomic E-state index is -0.0334. The van der Waals surface area contributed by atoms with Gasteiger partial charge in [-0.25, -0.2) is 0 Å². The molecule has 1 aliphatic rings. The minimum Gasteiger partial charge on any atom is -0.383 e. The fraction of sp³-hybridized carbons (Fsp3) is 0.727. The molecule has 3 heteroatoms. The van der Waals surface area contributed by atoms with Crippen LogP contribution in [0, 0.1) is 11.3 Å². The van der Waals surface area contributed by atoms with E-state index in [-0.39, 0.29) is 11.0 Å². The molecule has 1 heterocycles. The number of fused-ring (bicyclic) bond motifs is 1. The van der Waals surface area contributed by atoms with Gasteiger partial charge in [0.1, 0.15) is 5.76 Å². The first kappa shape index (κ1) is 9.56. The van der Waals surface area contributed by atoms with E-state index in [1.807, 2.05) is 0 Å². The lowest BCUT2D eigenvalue weighted by Crippen LogP contribution is -2.28. The Morgan fingerprint density at radius 3 is 2.79 bits per heavy atom. The third-order valence-electron chi connectivity index (χ3n) is 3.27. The van der Waals surface area contributed by atoms with Crippen LogP contribution in [0.4, 0.5) is 0 Å². The second-order valence-electron chi connectivity index (χ2n) is 5.24. The third-order valence-corrected chi connectivity index (χ3v) is 3.27. The van der Waals surface area contributed by atoms with Crippen molar-refractivity contribution < 1.29 is 4.52 Å². The summed E-state index contributed by atoms with van der Waals surface area (Å²) in [4.78, 5) is 11.4. The van der Waals surface area contributed by atoms with Gasteiger partial charge < -0.3 is 4.52 Å². The topological polar surface area (TPSA) is 46.0 Å². The summed E-state index contributed by atoms with van der Waals surface area (Å²) in [6, 6.07) is 0. The second-order valence-corrected chi connectivity index (χ2v) is 5.24. The average molecular weight is 195 g/mol. The van der Waals surface area contributed by atoms with Gasteiger partial charge in [0.2, 0.25) is 0 Å². The second kappa shape index (κ2) is 3.01. The lowest BCUT2D eigenvalue weighted by molar-refractivity contribution is 0.206. The summed E-state index contributed by atoms with van der Waals surface area (Å²) in [6.07, 6.45) is 2.89. The normalized spacial score (nSPS) is 22.1. The molecule has 0 unspecified atom stereocenters. The van der Waals surface area contributed by atoms with Crippen LogP contribution in [0.1, 0.15) is 38.5 Å². The summed E-state index contributed by atoms with van der Waals surface area (Å²) in [5, 5.41) is 2.42. The molecule has 14 heavy (non-hydrogen) atoms. The maximum Gasteiger partial charge on any atom is 0.283 e. The molecule has 0 aromatic carbocycles. The number of aromatic amines is 1. The quantitative estimate of drug-likeness (QED) is 0.689. The van der Waals surface area contributed by atoms with Crippen molar-refractivity contribution in [3.8, 4) is 0 Å². The van der Waals surface area contributed by atoms with E-state index in [1.54, 1.807) is 0 Å². The van der Waals surface area contributed by atoms with Gasteiger partial charge in [-0.15, -0.1) is 0 Å². The van der Waals surface area contributed by atoms with Gasteiger partial charge in [0.25, 0.3) is 5.56 Å². The van der Waals surface area contributed by atoms with E-state index < -0.39 is 0 Å². The molecule has 3 nitrogen and oxygen atoms in total. The van der Waals surface area contributed by atoms with E-state index in [1.165, 1.54) is 0 Å². The van der Waals surface area contributed by atoms with Crippen LogP contribution in [0.3, 0.4) is 0 Å². The lowest BCUT2D eigenvalue weighted by atomic mass is 9.72. The van der Waals surface area contributed by atoms with Crippen molar-refractivity contribution in [1.29, 1.82) is 0 Å². The molecular formula is C11H17NO2. The maximum atomic E-state index is 11.4. The molecule has 2 rings (SSSR count). The highest BCUT2D eigenvalue weighted by atomic mass is 16.5. The van der Waals surface area contributed by atoms with E-state index >= 15 is 0 Å². The average Bonchev–Trinajstić information content (AvgIpc) is 2.46. The van der Waals surface area contributed by atoms with Crippen molar-refractivity contribution in [2.75, 3.05) is 0 Å². The zero-order chi connectivity index (χ0) is 10.3. The van der Waals surface area contributed by atoms with Crippen LogP contribution in [0.25, 0.3) is 0 Å². The summed E-state index contributed by atoms with van der Waals surface area (Å²) >= 11 is 0. The summed E-state index contributed by atoms with van der Waals surface area (Å²) in [5.74, 6) is 1.46. The van der Waals surface area contributed by atoms with Crippen LogP contribution in [0.15, 0.2) is 9.32 Å². The number of hydrogen-bond donors (Lipinski definition) is 1. The Hall–Kier alpha value is -0.990. The number of rotatable bonds is 0. The minimum absolute atomic E-state index is 0.0334. The molecule has 0 amide bonds. The van der Waals surface area contributed by atoms with Crippen LogP contribution in [0.5, 0.6) is 0 Å². The molecule has 1 N–H and O–H groups in total. The first-order valence-corrected chi connectivity index (χ1v) is 5.17. The molecule has 0 spiro atoms. The predicted octanol–water partition coefficient (Wildman–Crippen LogP) is 2.12. The molecule has 1 aliphatic carbocycles. The molecule has 0 aliphatic heterocycles. The summed E-state index contributed by atoms with van der Waals surface area (Å²) in [6.45, 7) is 6.70. The monoisotopic (exact) mass is 195 g/mol. The van der Waals surface area contributed by atoms with Crippen LogP contribution in [0.2, 0.25) is 0 Å². The van der Waals surface area contributed by atoms with Gasteiger partial charge in [0, 0.05) is 6.42 Å². The Morgan fingerprint density at radius 2 is 2.14 bits per heavy atom. The molecule has 0 radical (unpaired) electrons. The fourth-order valence-corrected chi connectivity index (χ4v) is 2.16. The van der Waals surface area contributed by atoms with Crippen LogP contribution in [-0.4, -0.2) is 5.16 Å². The van der Waals surface area contributed by atoms with Crippen molar-refractivity contribution >= 4 is 0 Å². The predicted molar refractivity (Wildman–Crippen MR) is 54.3 cm³/mol. The number of H-pyrrole nitrogens is 1. The highest BCUT2D eigenvalue weighted by molar-refractivity contribution is 5.18. The smallest absolute Gasteiger partial charge is 0.283 e. The number of nitrogens with one attached hydrogen (secondary N) is 1. The van der Waals surface area contributed by atoms with Crippen LogP contribution >= 0.6 is 0 Å². The number of aromatic nitrogens is 1. The maximum absolute atomic E-state index is 11.4. The van der Waals surface area contributed by atoms with Gasteiger partial charge in [-0.2, -0.15) is 5.16 Å². The Labute approximate surface area is 83.5 Å². The first-order chi connectivity index (χ1) is 6.48. The Kier molecular flexibility index (Phi) is 2.05. The van der Waals surface area contributed by atoms with E-state index in [9.17, 15) is 4.79 Å². The van der Waals surface area contributed by atoms with Gasteiger partial charge >= 0.3 is 0 Å². The standard InChI is InChI=1S/C11H17NO2/c1-11(2,3)7-4-5-9-8(6-7)10(13)12-14-9/h7H,4-6H2,1-3H3,(H,12,13)/t7-/m0/s1. The molecule has 0 fully saturated rings. The molecule has 1 aromatic heterocycles. The summed E-state index contributed by atoms with van der Waals surface area (Å²) in [7, 11) is 0. The van der Waals surface area contributed by atoms with Crippen molar-refractivity contribution in [3.05, 3.63) is 21.7 Å². The molecular weight excluding hydrogens is 178 g/mol. The third kappa shape index (κ3) is 1.51. The first-order valence-electron chi connectivity index (χ1n) is 5.17. The molecule has 0 saturated heterocycles. The summed E-state index contributed by atoms with van der Waals surface area (Å²) < 4.78 is 5.11. The molecule has 0 bridgehead atoms. The van der Waals surface area contributed by atoms with Crippen molar-refractivity contribution in [1.82, 2.24) is 5.16 Å². The van der Waals surface area contributed by atoms with Gasteiger partial charge in [-0.05, 0) is 24.2 Å². The van der Waals surface area contributed by atoms with Gasteiger partial charge in [0.05, 0.1) is 5.56 Å². The van der Waals surface area contributed by atoms with Crippen molar-refractivity contribution in [2.45, 2.75) is 40.0 Å². The van der Waals surface area contributed by atoms with E-state index in [0.717, 1.165) is 30.6 Å². The molecule has 1 atom stereocenters. The van der Waals surface area contributed by atoms with E-state index in [0.29, 0.717) is 5.92 Å². The lowest BCUT2D eigenvalue weighted by Gasteiger charge is -2.32.